The lowest BCUT2D eigenvalue weighted by Gasteiger charge is -2.30. The summed E-state index contributed by atoms with van der Waals surface area (Å²) in [5.41, 5.74) is 18.3. The topological polar surface area (TPSA) is 395 Å². The van der Waals surface area contributed by atoms with Crippen LogP contribution in [0, 0.1) is 11.3 Å². The monoisotopic (exact) mass is 1000 g/mol. The molecule has 23 nitrogen and oxygen atoms in total. The van der Waals surface area contributed by atoms with Crippen molar-refractivity contribution in [3.8, 4) is 17.2 Å². The Balaban J connectivity index is 1.61. The third-order valence-electron chi connectivity index (χ3n) is 11.8. The standard InChI is InChI=1S/C49H67N11O12/c1-27(2)21-36(44(68)55-35(5-3-19-54-49(52)53)48(72)60-20-4-6-40(60)41(65)25-42(51)66)56-45(69)37(23-29-9-15-32(63)16-10-29)57-46(70)38(24-30-11-17-33(64)18-12-30)58-47(71)39(26-61)59-43(67)34(50)22-28-7-13-31(62)14-8-28/h7-18,27,34-40,61-64H,3-6,19-26,50H2,1-2H3,(H2,51,66)(H,55,68)(H,56,69)(H,57,70)(H,58,71)(H,59,67)(H4,52,53,54)/t34-,35-,36-,37+,38-,39-,40-/m0/s1. The van der Waals surface area contributed by atoms with Gasteiger partial charge in [-0.05, 0) is 97.5 Å². The van der Waals surface area contributed by atoms with E-state index in [-0.39, 0.29) is 87.2 Å². The number of hydrogen-bond acceptors (Lipinski definition) is 14. The van der Waals surface area contributed by atoms with Crippen LogP contribution in [0.2, 0.25) is 0 Å². The minimum absolute atomic E-state index is 0.00477. The molecule has 0 spiro atoms. The summed E-state index contributed by atoms with van der Waals surface area (Å²) in [6.07, 6.45) is 0.0187. The molecule has 0 aliphatic carbocycles. The first kappa shape index (κ1) is 56.8. The van der Waals surface area contributed by atoms with E-state index >= 15 is 0 Å². The molecule has 390 valence electrons. The Morgan fingerprint density at radius 2 is 1.07 bits per heavy atom. The summed E-state index contributed by atoms with van der Waals surface area (Å²) in [6, 6.07) is 8.15. The van der Waals surface area contributed by atoms with E-state index in [4.69, 9.17) is 22.6 Å². The molecule has 1 heterocycles. The first-order valence-electron chi connectivity index (χ1n) is 23.5. The van der Waals surface area contributed by atoms with Gasteiger partial charge in [0.15, 0.2) is 11.7 Å². The number of Topliss-reactive ketones (excluding diaryl/α,β-unsaturated/α-hetero) is 1. The number of guanidine groups is 1. The number of ketones is 1. The van der Waals surface area contributed by atoms with Crippen LogP contribution >= 0.6 is 0 Å². The highest BCUT2D eigenvalue weighted by Crippen LogP contribution is 2.22. The van der Waals surface area contributed by atoms with Gasteiger partial charge in [0.1, 0.15) is 47.5 Å². The van der Waals surface area contributed by atoms with Crippen LogP contribution in [0.1, 0.15) is 69.1 Å². The van der Waals surface area contributed by atoms with Gasteiger partial charge in [0.25, 0.3) is 0 Å². The normalized spacial score (nSPS) is 15.7. The molecule has 0 radical (unpaired) electrons. The van der Waals surface area contributed by atoms with Crippen molar-refractivity contribution in [1.82, 2.24) is 36.8 Å². The summed E-state index contributed by atoms with van der Waals surface area (Å²) in [4.78, 5) is 110. The van der Waals surface area contributed by atoms with E-state index in [9.17, 15) is 58.8 Å². The van der Waals surface area contributed by atoms with E-state index in [1.165, 1.54) is 65.6 Å². The van der Waals surface area contributed by atoms with Gasteiger partial charge in [-0.2, -0.15) is 0 Å². The number of carbonyl (C=O) groups is 8. The number of hydrogen-bond donors (Lipinski definition) is 14. The largest absolute Gasteiger partial charge is 0.508 e. The first-order chi connectivity index (χ1) is 34.1. The molecule has 7 amide bonds. The fraction of sp³-hybridized carbons (Fsp3) is 0.449. The number of nitrogens with two attached hydrogens (primary N) is 3. The molecule has 3 aromatic rings. The SMILES string of the molecule is CC(C)C[C@H](NC(=O)[C@@H](Cc1ccc(O)cc1)NC(=O)[C@H](Cc1ccc(O)cc1)NC(=O)[C@H](CO)NC(=O)[C@@H](N)Cc1ccc(O)cc1)C(=O)N[C@@H](CCCNC(=N)N)C(=O)N1CCC[C@H]1C(=O)CC(N)=O. The third-order valence-corrected chi connectivity index (χ3v) is 11.8. The maximum atomic E-state index is 14.5. The van der Waals surface area contributed by atoms with E-state index in [0.29, 0.717) is 23.1 Å². The van der Waals surface area contributed by atoms with Crippen molar-refractivity contribution in [1.29, 1.82) is 5.41 Å². The number of rotatable bonds is 27. The number of carbonyl (C=O) groups excluding carboxylic acids is 8. The highest BCUT2D eigenvalue weighted by Gasteiger charge is 2.39. The Hall–Kier alpha value is -7.79. The molecule has 23 heteroatoms. The number of primary amides is 1. The van der Waals surface area contributed by atoms with Crippen molar-refractivity contribution in [3.63, 3.8) is 0 Å². The van der Waals surface area contributed by atoms with Gasteiger partial charge in [0.2, 0.25) is 41.4 Å². The van der Waals surface area contributed by atoms with Crippen LogP contribution in [0.5, 0.6) is 17.2 Å². The first-order valence-corrected chi connectivity index (χ1v) is 23.5. The molecule has 72 heavy (non-hydrogen) atoms. The molecular formula is C49H67N11O12. The number of nitrogens with zero attached hydrogens (tertiary/aromatic N) is 1. The molecule has 1 aliphatic rings. The molecule has 1 fully saturated rings. The van der Waals surface area contributed by atoms with Gasteiger partial charge < -0.3 is 74.4 Å². The quantitative estimate of drug-likeness (QED) is 0.0176. The molecule has 0 saturated carbocycles. The van der Waals surface area contributed by atoms with E-state index in [1.807, 2.05) is 0 Å². The number of aromatic hydroxyl groups is 3. The summed E-state index contributed by atoms with van der Waals surface area (Å²) < 4.78 is 0. The minimum Gasteiger partial charge on any atom is -0.508 e. The van der Waals surface area contributed by atoms with Crippen LogP contribution in [0.15, 0.2) is 72.8 Å². The molecule has 1 aliphatic heterocycles. The summed E-state index contributed by atoms with van der Waals surface area (Å²) >= 11 is 0. The van der Waals surface area contributed by atoms with Gasteiger partial charge in [-0.1, -0.05) is 50.2 Å². The Kier molecular flexibility index (Phi) is 21.7. The van der Waals surface area contributed by atoms with Gasteiger partial charge in [-0.15, -0.1) is 0 Å². The zero-order chi connectivity index (χ0) is 53.1. The second-order valence-electron chi connectivity index (χ2n) is 18.1. The number of aliphatic hydroxyl groups excluding tert-OH is 1. The van der Waals surface area contributed by atoms with Gasteiger partial charge >= 0.3 is 0 Å². The van der Waals surface area contributed by atoms with E-state index in [2.05, 4.69) is 31.9 Å². The van der Waals surface area contributed by atoms with Crippen LogP contribution in [-0.4, -0.2) is 140 Å². The molecule has 0 unspecified atom stereocenters. The zero-order valence-corrected chi connectivity index (χ0v) is 40.3. The third kappa shape index (κ3) is 18.2. The molecule has 3 aromatic carbocycles. The molecule has 17 N–H and O–H groups in total. The predicted molar refractivity (Wildman–Crippen MR) is 262 cm³/mol. The Morgan fingerprint density at radius 1 is 0.639 bits per heavy atom. The van der Waals surface area contributed by atoms with E-state index in [1.54, 1.807) is 26.0 Å². The number of aliphatic hydroxyl groups is 1. The number of phenolic OH excluding ortho intramolecular Hbond substituents is 3. The van der Waals surface area contributed by atoms with Crippen molar-refractivity contribution >= 4 is 53.1 Å². The summed E-state index contributed by atoms with van der Waals surface area (Å²) in [5, 5.41) is 63.0. The lowest BCUT2D eigenvalue weighted by Crippen LogP contribution is -2.61. The van der Waals surface area contributed by atoms with Crippen LogP contribution in [-0.2, 0) is 57.6 Å². The second kappa shape index (κ2) is 27.6. The number of amides is 7. The molecule has 7 atom stereocenters. The van der Waals surface area contributed by atoms with E-state index in [0.717, 1.165) is 0 Å². The van der Waals surface area contributed by atoms with E-state index < -0.39 is 102 Å². The second-order valence-corrected chi connectivity index (χ2v) is 18.1. The van der Waals surface area contributed by atoms with Crippen molar-refractivity contribution in [2.45, 2.75) is 114 Å². The van der Waals surface area contributed by atoms with Crippen molar-refractivity contribution in [2.24, 2.45) is 23.1 Å². The van der Waals surface area contributed by atoms with Crippen LogP contribution < -0.4 is 49.1 Å². The highest BCUT2D eigenvalue weighted by molar-refractivity contribution is 6.02. The van der Waals surface area contributed by atoms with Crippen molar-refractivity contribution in [2.75, 3.05) is 19.7 Å². The zero-order valence-electron chi connectivity index (χ0n) is 40.3. The highest BCUT2D eigenvalue weighted by atomic mass is 16.3. The Morgan fingerprint density at radius 3 is 1.53 bits per heavy atom. The van der Waals surface area contributed by atoms with Gasteiger partial charge in [0.05, 0.1) is 25.1 Å². The maximum Gasteiger partial charge on any atom is 0.245 e. The number of benzene rings is 3. The summed E-state index contributed by atoms with van der Waals surface area (Å²) in [5.74, 6) is -7.06. The smallest absolute Gasteiger partial charge is 0.245 e. The number of likely N-dealkylation sites (tertiary alicyclic amines) is 1. The maximum absolute atomic E-state index is 14.5. The van der Waals surface area contributed by atoms with Gasteiger partial charge in [0, 0.05) is 25.9 Å². The molecule has 0 bridgehead atoms. The number of phenols is 3. The van der Waals surface area contributed by atoms with Gasteiger partial charge in [-0.3, -0.25) is 43.8 Å². The van der Waals surface area contributed by atoms with Crippen LogP contribution in [0.3, 0.4) is 0 Å². The predicted octanol–water partition coefficient (Wildman–Crippen LogP) is -1.68. The average molecular weight is 1000 g/mol. The summed E-state index contributed by atoms with van der Waals surface area (Å²) in [6.45, 7) is 3.00. The molecule has 4 rings (SSSR count). The molecule has 1 saturated heterocycles. The fourth-order valence-electron chi connectivity index (χ4n) is 8.04. The molecule has 0 aromatic heterocycles. The van der Waals surface area contributed by atoms with Crippen molar-refractivity contribution in [3.05, 3.63) is 89.5 Å². The van der Waals surface area contributed by atoms with Crippen molar-refractivity contribution < 1.29 is 58.8 Å². The minimum atomic E-state index is -1.60. The number of nitrogens with one attached hydrogen (secondary N) is 7. The lowest BCUT2D eigenvalue weighted by molar-refractivity contribution is -0.142. The molecular weight excluding hydrogens is 935 g/mol. The van der Waals surface area contributed by atoms with Crippen LogP contribution in [0.25, 0.3) is 0 Å². The Bertz CT molecular complexity index is 2370. The van der Waals surface area contributed by atoms with Crippen LogP contribution in [0.4, 0.5) is 0 Å². The lowest BCUT2D eigenvalue weighted by atomic mass is 9.99. The summed E-state index contributed by atoms with van der Waals surface area (Å²) in [7, 11) is 0. The average Bonchev–Trinajstić information content (AvgIpc) is 3.83. The van der Waals surface area contributed by atoms with Gasteiger partial charge in [-0.25, -0.2) is 0 Å². The Labute approximate surface area is 416 Å². The fourth-order valence-corrected chi connectivity index (χ4v) is 8.04.